The number of nitrogens with one attached hydrogen (secondary N) is 3. The van der Waals surface area contributed by atoms with E-state index in [1.807, 2.05) is 0 Å². The van der Waals surface area contributed by atoms with E-state index >= 15 is 0 Å². The molecular formula is C15H22N4O2. The number of hydrogen-bond acceptors (Lipinski definition) is 3. The van der Waals surface area contributed by atoms with Gasteiger partial charge in [0.05, 0.1) is 11.0 Å². The normalized spacial score (nSPS) is 12.5. The number of hydrogen-bond donors (Lipinski definition) is 4. The van der Waals surface area contributed by atoms with Crippen LogP contribution in [0.5, 0.6) is 0 Å². The second-order valence-corrected chi connectivity index (χ2v) is 5.28. The van der Waals surface area contributed by atoms with Crippen LogP contribution in [-0.4, -0.2) is 22.4 Å². The summed E-state index contributed by atoms with van der Waals surface area (Å²) in [7, 11) is 0. The Balaban J connectivity index is 1.93. The van der Waals surface area contributed by atoms with Gasteiger partial charge in [-0.1, -0.05) is 13.3 Å². The summed E-state index contributed by atoms with van der Waals surface area (Å²) in [6.07, 6.45) is 3.34. The molecule has 1 heterocycles. The first kappa shape index (κ1) is 15.3. The van der Waals surface area contributed by atoms with Crippen LogP contribution in [0.3, 0.4) is 0 Å². The van der Waals surface area contributed by atoms with E-state index in [0.29, 0.717) is 30.1 Å². The average Bonchev–Trinajstić information content (AvgIpc) is 2.82. The van der Waals surface area contributed by atoms with Gasteiger partial charge in [-0.25, -0.2) is 4.79 Å². The molecule has 1 atom stereocenters. The van der Waals surface area contributed by atoms with Gasteiger partial charge in [0.15, 0.2) is 0 Å². The fraction of sp³-hybridized carbons (Fsp3) is 0.467. The number of nitrogens with two attached hydrogens (primary N) is 1. The molecule has 6 heteroatoms. The van der Waals surface area contributed by atoms with Crippen LogP contribution in [0.25, 0.3) is 11.0 Å². The van der Waals surface area contributed by atoms with Crippen molar-refractivity contribution in [2.24, 2.45) is 11.7 Å². The van der Waals surface area contributed by atoms with Gasteiger partial charge in [0.2, 0.25) is 5.91 Å². The lowest BCUT2D eigenvalue weighted by Gasteiger charge is -2.13. The molecule has 0 radical (unpaired) electrons. The Hall–Kier alpha value is -2.08. The third-order valence-corrected chi connectivity index (χ3v) is 3.73. The molecule has 1 unspecified atom stereocenters. The fourth-order valence-corrected chi connectivity index (χ4v) is 2.46. The predicted octanol–water partition coefficient (Wildman–Crippen LogP) is 1.95. The number of aromatic nitrogens is 2. The number of amides is 1. The summed E-state index contributed by atoms with van der Waals surface area (Å²) in [5.41, 5.74) is 7.41. The minimum absolute atomic E-state index is 0.0114. The number of carbonyl (C=O) groups excluding carboxylic acids is 1. The van der Waals surface area contributed by atoms with Crippen molar-refractivity contribution in [3.05, 3.63) is 28.7 Å². The van der Waals surface area contributed by atoms with Gasteiger partial charge in [0.1, 0.15) is 0 Å². The lowest BCUT2D eigenvalue weighted by molar-refractivity contribution is -0.116. The highest BCUT2D eigenvalue weighted by Gasteiger charge is 2.09. The highest BCUT2D eigenvalue weighted by molar-refractivity contribution is 5.92. The van der Waals surface area contributed by atoms with Crippen molar-refractivity contribution in [2.75, 3.05) is 11.9 Å². The molecule has 2 rings (SSSR count). The summed E-state index contributed by atoms with van der Waals surface area (Å²) in [5, 5.41) is 2.86. The Bertz CT molecular complexity index is 659. The summed E-state index contributed by atoms with van der Waals surface area (Å²) in [5.74, 6) is 0.493. The van der Waals surface area contributed by atoms with E-state index in [1.54, 1.807) is 18.2 Å². The molecular weight excluding hydrogens is 268 g/mol. The first-order valence-electron chi connectivity index (χ1n) is 7.34. The van der Waals surface area contributed by atoms with Crippen LogP contribution >= 0.6 is 0 Å². The summed E-state index contributed by atoms with van der Waals surface area (Å²) >= 11 is 0. The molecule has 1 aromatic carbocycles. The molecule has 21 heavy (non-hydrogen) atoms. The molecule has 1 aromatic heterocycles. The molecule has 1 amide bonds. The molecule has 114 valence electrons. The van der Waals surface area contributed by atoms with Crippen LogP contribution in [0.1, 0.15) is 32.6 Å². The summed E-state index contributed by atoms with van der Waals surface area (Å²) < 4.78 is 0. The number of aromatic amines is 2. The Morgan fingerprint density at radius 1 is 1.29 bits per heavy atom. The molecule has 0 spiro atoms. The summed E-state index contributed by atoms with van der Waals surface area (Å²) in [4.78, 5) is 28.5. The van der Waals surface area contributed by atoms with Crippen molar-refractivity contribution < 1.29 is 4.79 Å². The molecule has 5 N–H and O–H groups in total. The summed E-state index contributed by atoms with van der Waals surface area (Å²) in [6, 6.07) is 5.30. The van der Waals surface area contributed by atoms with Crippen molar-refractivity contribution in [1.82, 2.24) is 9.97 Å². The molecule has 0 aliphatic carbocycles. The van der Waals surface area contributed by atoms with Gasteiger partial charge in [-0.3, -0.25) is 4.79 Å². The third-order valence-electron chi connectivity index (χ3n) is 3.73. The van der Waals surface area contributed by atoms with Crippen LogP contribution < -0.4 is 16.7 Å². The van der Waals surface area contributed by atoms with E-state index in [4.69, 9.17) is 5.73 Å². The van der Waals surface area contributed by atoms with Gasteiger partial charge in [-0.15, -0.1) is 0 Å². The standard InChI is InChI=1S/C15H22N4O2/c1-2-10(7-8-16)3-6-14(20)17-11-4-5-12-13(9-11)19-15(21)18-12/h4-5,9-10H,2-3,6-8,16H2,1H3,(H,17,20)(H2,18,19,21). The van der Waals surface area contributed by atoms with E-state index in [1.165, 1.54) is 0 Å². The second-order valence-electron chi connectivity index (χ2n) is 5.28. The second kappa shape index (κ2) is 7.08. The number of anilines is 1. The van der Waals surface area contributed by atoms with Crippen LogP contribution in [0.4, 0.5) is 5.69 Å². The number of rotatable bonds is 7. The fourth-order valence-electron chi connectivity index (χ4n) is 2.46. The SMILES string of the molecule is CCC(CCN)CCC(=O)Nc1ccc2[nH]c(=O)[nH]c2c1. The third kappa shape index (κ3) is 4.19. The van der Waals surface area contributed by atoms with Crippen molar-refractivity contribution in [1.29, 1.82) is 0 Å². The topological polar surface area (TPSA) is 104 Å². The largest absolute Gasteiger partial charge is 0.330 e. The maximum absolute atomic E-state index is 12.0. The molecule has 0 fully saturated rings. The Morgan fingerprint density at radius 2 is 2.05 bits per heavy atom. The zero-order chi connectivity index (χ0) is 15.2. The Morgan fingerprint density at radius 3 is 2.76 bits per heavy atom. The minimum atomic E-state index is -0.249. The van der Waals surface area contributed by atoms with Crippen LogP contribution in [0.2, 0.25) is 0 Å². The van der Waals surface area contributed by atoms with Crippen LogP contribution in [0, 0.1) is 5.92 Å². The average molecular weight is 290 g/mol. The smallest absolute Gasteiger partial charge is 0.323 e. The van der Waals surface area contributed by atoms with Crippen LogP contribution in [-0.2, 0) is 4.79 Å². The minimum Gasteiger partial charge on any atom is -0.330 e. The van der Waals surface area contributed by atoms with Gasteiger partial charge in [-0.2, -0.15) is 0 Å². The number of imidazole rings is 1. The van der Waals surface area contributed by atoms with Gasteiger partial charge >= 0.3 is 5.69 Å². The molecule has 6 nitrogen and oxygen atoms in total. The van der Waals surface area contributed by atoms with E-state index in [9.17, 15) is 9.59 Å². The van der Waals surface area contributed by atoms with Gasteiger partial charge in [0.25, 0.3) is 0 Å². The van der Waals surface area contributed by atoms with Crippen molar-refractivity contribution >= 4 is 22.6 Å². The zero-order valence-corrected chi connectivity index (χ0v) is 12.2. The maximum Gasteiger partial charge on any atom is 0.323 e. The maximum atomic E-state index is 12.0. The quantitative estimate of drug-likeness (QED) is 0.626. The molecule has 2 aromatic rings. The van der Waals surface area contributed by atoms with E-state index < -0.39 is 0 Å². The van der Waals surface area contributed by atoms with Crippen molar-refractivity contribution in [2.45, 2.75) is 32.6 Å². The molecule has 0 saturated heterocycles. The highest BCUT2D eigenvalue weighted by Crippen LogP contribution is 2.17. The van der Waals surface area contributed by atoms with E-state index in [0.717, 1.165) is 24.8 Å². The summed E-state index contributed by atoms with van der Waals surface area (Å²) in [6.45, 7) is 2.78. The van der Waals surface area contributed by atoms with E-state index in [2.05, 4.69) is 22.2 Å². The lowest BCUT2D eigenvalue weighted by Crippen LogP contribution is -2.15. The predicted molar refractivity (Wildman–Crippen MR) is 84.2 cm³/mol. The Kier molecular flexibility index (Phi) is 5.16. The number of benzene rings is 1. The van der Waals surface area contributed by atoms with E-state index in [-0.39, 0.29) is 11.6 Å². The highest BCUT2D eigenvalue weighted by atomic mass is 16.1. The molecule has 0 aliphatic rings. The first-order valence-corrected chi connectivity index (χ1v) is 7.34. The monoisotopic (exact) mass is 290 g/mol. The van der Waals surface area contributed by atoms with Crippen LogP contribution in [0.15, 0.2) is 23.0 Å². The van der Waals surface area contributed by atoms with Crippen molar-refractivity contribution in [3.63, 3.8) is 0 Å². The number of fused-ring (bicyclic) bond motifs is 1. The van der Waals surface area contributed by atoms with Gasteiger partial charge in [-0.05, 0) is 43.5 Å². The number of carbonyl (C=O) groups is 1. The molecule has 0 bridgehead atoms. The van der Waals surface area contributed by atoms with Gasteiger partial charge < -0.3 is 21.0 Å². The van der Waals surface area contributed by atoms with Gasteiger partial charge in [0, 0.05) is 12.1 Å². The first-order chi connectivity index (χ1) is 10.1. The molecule has 0 saturated carbocycles. The number of H-pyrrole nitrogens is 2. The zero-order valence-electron chi connectivity index (χ0n) is 12.2. The molecule has 0 aliphatic heterocycles. The van der Waals surface area contributed by atoms with Crippen molar-refractivity contribution in [3.8, 4) is 0 Å². The Labute approximate surface area is 123 Å². The lowest BCUT2D eigenvalue weighted by atomic mass is 9.96.